The van der Waals surface area contributed by atoms with E-state index in [0.29, 0.717) is 10.5 Å². The van der Waals surface area contributed by atoms with Gasteiger partial charge in [0.2, 0.25) is 0 Å². The third-order valence-corrected chi connectivity index (χ3v) is 7.38. The first-order valence-corrected chi connectivity index (χ1v) is 9.04. The summed E-state index contributed by atoms with van der Waals surface area (Å²) in [7, 11) is 0. The van der Waals surface area contributed by atoms with Crippen molar-refractivity contribution in [2.45, 2.75) is 55.9 Å². The molecule has 4 unspecified atom stereocenters. The highest BCUT2D eigenvalue weighted by atomic mass is 32.2. The standard InChI is InChI=1S/C16H25NS2/c1-10-5-11(2)7-14(6-10)8-15(17)16-9-18-12(3)13(4)19-16/h5-7,12-13,15-16H,8-9,17H2,1-4H3. The summed E-state index contributed by atoms with van der Waals surface area (Å²) in [5.41, 5.74) is 10.5. The third-order valence-electron chi connectivity index (χ3n) is 3.80. The molecule has 0 aliphatic carbocycles. The molecule has 0 radical (unpaired) electrons. The number of aryl methyl sites for hydroxylation is 2. The van der Waals surface area contributed by atoms with Gasteiger partial charge in [-0.1, -0.05) is 43.2 Å². The molecule has 0 bridgehead atoms. The van der Waals surface area contributed by atoms with Gasteiger partial charge in [-0.3, -0.25) is 0 Å². The molecule has 3 heteroatoms. The molecule has 1 aliphatic heterocycles. The van der Waals surface area contributed by atoms with Crippen LogP contribution in [0.3, 0.4) is 0 Å². The summed E-state index contributed by atoms with van der Waals surface area (Å²) in [6.45, 7) is 8.99. The van der Waals surface area contributed by atoms with Crippen molar-refractivity contribution in [1.82, 2.24) is 0 Å². The average Bonchev–Trinajstić information content (AvgIpc) is 2.31. The van der Waals surface area contributed by atoms with Crippen LogP contribution in [-0.4, -0.2) is 27.5 Å². The van der Waals surface area contributed by atoms with Crippen LogP contribution in [0.2, 0.25) is 0 Å². The van der Waals surface area contributed by atoms with Crippen molar-refractivity contribution in [3.05, 3.63) is 34.9 Å². The summed E-state index contributed by atoms with van der Waals surface area (Å²) in [5.74, 6) is 1.20. The van der Waals surface area contributed by atoms with Gasteiger partial charge in [0.1, 0.15) is 0 Å². The molecule has 0 spiro atoms. The lowest BCUT2D eigenvalue weighted by Crippen LogP contribution is -2.41. The van der Waals surface area contributed by atoms with Gasteiger partial charge in [0.05, 0.1) is 0 Å². The summed E-state index contributed by atoms with van der Waals surface area (Å²) in [6.07, 6.45) is 1.00. The maximum atomic E-state index is 6.45. The van der Waals surface area contributed by atoms with Gasteiger partial charge in [-0.2, -0.15) is 23.5 Å². The molecule has 1 nitrogen and oxygen atoms in total. The summed E-state index contributed by atoms with van der Waals surface area (Å²) in [4.78, 5) is 0. The fourth-order valence-corrected chi connectivity index (χ4v) is 5.68. The van der Waals surface area contributed by atoms with Gasteiger partial charge in [0.25, 0.3) is 0 Å². The largest absolute Gasteiger partial charge is 0.326 e. The minimum absolute atomic E-state index is 0.272. The summed E-state index contributed by atoms with van der Waals surface area (Å²) < 4.78 is 0. The number of hydrogen-bond acceptors (Lipinski definition) is 3. The molecule has 1 aromatic rings. The summed E-state index contributed by atoms with van der Waals surface area (Å²) >= 11 is 4.16. The molecule has 19 heavy (non-hydrogen) atoms. The van der Waals surface area contributed by atoms with Crippen molar-refractivity contribution < 1.29 is 0 Å². The lowest BCUT2D eigenvalue weighted by Gasteiger charge is -2.34. The first kappa shape index (κ1) is 15.3. The molecule has 2 rings (SSSR count). The molecular formula is C16H25NS2. The van der Waals surface area contributed by atoms with Gasteiger partial charge in [-0.25, -0.2) is 0 Å². The normalized spacial score (nSPS) is 29.2. The Bertz CT molecular complexity index is 413. The van der Waals surface area contributed by atoms with Crippen LogP contribution in [0.1, 0.15) is 30.5 Å². The van der Waals surface area contributed by atoms with Gasteiger partial charge in [0.15, 0.2) is 0 Å². The first-order chi connectivity index (χ1) is 8.95. The van der Waals surface area contributed by atoms with Crippen molar-refractivity contribution in [1.29, 1.82) is 0 Å². The smallest absolute Gasteiger partial charge is 0.0295 e. The minimum Gasteiger partial charge on any atom is -0.326 e. The highest BCUT2D eigenvalue weighted by Gasteiger charge is 2.29. The first-order valence-electron chi connectivity index (χ1n) is 7.05. The van der Waals surface area contributed by atoms with Gasteiger partial charge in [-0.05, 0) is 25.8 Å². The molecule has 106 valence electrons. The quantitative estimate of drug-likeness (QED) is 0.918. The zero-order chi connectivity index (χ0) is 14.0. The van der Waals surface area contributed by atoms with Crippen LogP contribution < -0.4 is 5.73 Å². The predicted molar refractivity (Wildman–Crippen MR) is 90.4 cm³/mol. The Kier molecular flexibility index (Phi) is 5.27. The van der Waals surface area contributed by atoms with E-state index in [9.17, 15) is 0 Å². The molecule has 4 atom stereocenters. The molecule has 1 aliphatic rings. The number of hydrogen-bond donors (Lipinski definition) is 1. The van der Waals surface area contributed by atoms with Crippen molar-refractivity contribution in [3.8, 4) is 0 Å². The molecule has 0 aromatic heterocycles. The summed E-state index contributed by atoms with van der Waals surface area (Å²) in [6, 6.07) is 7.05. The topological polar surface area (TPSA) is 26.0 Å². The van der Waals surface area contributed by atoms with E-state index in [0.717, 1.165) is 11.7 Å². The molecule has 1 fully saturated rings. The SMILES string of the molecule is Cc1cc(C)cc(CC(N)C2CSC(C)C(C)S2)c1. The van der Waals surface area contributed by atoms with E-state index in [1.165, 1.54) is 22.4 Å². The third kappa shape index (κ3) is 4.17. The van der Waals surface area contributed by atoms with Crippen LogP contribution in [0.4, 0.5) is 0 Å². The number of thioether (sulfide) groups is 2. The van der Waals surface area contributed by atoms with Crippen molar-refractivity contribution in [2.75, 3.05) is 5.75 Å². The van der Waals surface area contributed by atoms with Gasteiger partial charge in [-0.15, -0.1) is 0 Å². The molecule has 1 heterocycles. The van der Waals surface area contributed by atoms with Gasteiger partial charge in [0, 0.05) is 27.5 Å². The van der Waals surface area contributed by atoms with Crippen molar-refractivity contribution in [2.24, 2.45) is 5.73 Å². The minimum atomic E-state index is 0.272. The van der Waals surface area contributed by atoms with Crippen LogP contribution in [0.25, 0.3) is 0 Å². The van der Waals surface area contributed by atoms with Crippen molar-refractivity contribution in [3.63, 3.8) is 0 Å². The molecule has 1 saturated heterocycles. The number of rotatable bonds is 3. The Hall–Kier alpha value is -0.120. The molecule has 0 amide bonds. The Balaban J connectivity index is 1.98. The van der Waals surface area contributed by atoms with Crippen LogP contribution in [-0.2, 0) is 6.42 Å². The molecular weight excluding hydrogens is 270 g/mol. The number of benzene rings is 1. The maximum absolute atomic E-state index is 6.45. The van der Waals surface area contributed by atoms with Crippen molar-refractivity contribution >= 4 is 23.5 Å². The maximum Gasteiger partial charge on any atom is 0.0295 e. The fraction of sp³-hybridized carbons (Fsp3) is 0.625. The molecule has 1 aromatic carbocycles. The molecule has 2 N–H and O–H groups in total. The fourth-order valence-electron chi connectivity index (χ4n) is 2.62. The summed E-state index contributed by atoms with van der Waals surface area (Å²) in [5, 5.41) is 2.07. The number of nitrogens with two attached hydrogens (primary N) is 1. The van der Waals surface area contributed by atoms with E-state index >= 15 is 0 Å². The van der Waals surface area contributed by atoms with Crippen LogP contribution in [0.15, 0.2) is 18.2 Å². The monoisotopic (exact) mass is 295 g/mol. The Morgan fingerprint density at radius 1 is 1.16 bits per heavy atom. The zero-order valence-electron chi connectivity index (χ0n) is 12.3. The second-order valence-corrected chi connectivity index (χ2v) is 8.81. The van der Waals surface area contributed by atoms with E-state index in [1.807, 2.05) is 0 Å². The van der Waals surface area contributed by atoms with Crippen LogP contribution >= 0.6 is 23.5 Å². The van der Waals surface area contributed by atoms with E-state index in [1.54, 1.807) is 0 Å². The molecule has 0 saturated carbocycles. The Morgan fingerprint density at radius 3 is 2.37 bits per heavy atom. The van der Waals surface area contributed by atoms with E-state index < -0.39 is 0 Å². The average molecular weight is 296 g/mol. The Labute approximate surface area is 126 Å². The van der Waals surface area contributed by atoms with Gasteiger partial charge >= 0.3 is 0 Å². The highest BCUT2D eigenvalue weighted by Crippen LogP contribution is 2.37. The van der Waals surface area contributed by atoms with Crippen LogP contribution in [0, 0.1) is 13.8 Å². The van der Waals surface area contributed by atoms with E-state index in [4.69, 9.17) is 5.73 Å². The van der Waals surface area contributed by atoms with E-state index in [-0.39, 0.29) is 6.04 Å². The lowest BCUT2D eigenvalue weighted by atomic mass is 10.0. The second-order valence-electron chi connectivity index (χ2n) is 5.78. The second kappa shape index (κ2) is 6.55. The predicted octanol–water partition coefficient (Wildman–Crippen LogP) is 3.80. The highest BCUT2D eigenvalue weighted by molar-refractivity contribution is 8.07. The van der Waals surface area contributed by atoms with Gasteiger partial charge < -0.3 is 5.73 Å². The zero-order valence-corrected chi connectivity index (χ0v) is 14.0. The Morgan fingerprint density at radius 2 is 1.79 bits per heavy atom. The van der Waals surface area contributed by atoms with Crippen LogP contribution in [0.5, 0.6) is 0 Å². The van der Waals surface area contributed by atoms with E-state index in [2.05, 4.69) is 69.4 Å². The lowest BCUT2D eigenvalue weighted by molar-refractivity contribution is 0.656.